The number of alkyl halides is 3. The Labute approximate surface area is 118 Å². The molecule has 112 valence electrons. The van der Waals surface area contributed by atoms with Crippen molar-refractivity contribution in [1.29, 1.82) is 0 Å². The smallest absolute Gasteiger partial charge is 0.419 e. The molecular formula is C15H12F4O2. The highest BCUT2D eigenvalue weighted by Crippen LogP contribution is 2.39. The lowest BCUT2D eigenvalue weighted by molar-refractivity contribution is -0.138. The molecule has 0 unspecified atom stereocenters. The zero-order valence-electron chi connectivity index (χ0n) is 11.0. The second-order valence-electron chi connectivity index (χ2n) is 4.48. The minimum Gasteiger partial charge on any atom is -0.454 e. The van der Waals surface area contributed by atoms with Crippen molar-refractivity contribution in [3.05, 3.63) is 58.9 Å². The second-order valence-corrected chi connectivity index (χ2v) is 4.48. The van der Waals surface area contributed by atoms with E-state index in [0.29, 0.717) is 0 Å². The molecule has 0 bridgehead atoms. The van der Waals surface area contributed by atoms with Crippen molar-refractivity contribution in [3.63, 3.8) is 0 Å². The molecular weight excluding hydrogens is 288 g/mol. The Balaban J connectivity index is 2.46. The van der Waals surface area contributed by atoms with Crippen LogP contribution in [0.5, 0.6) is 11.5 Å². The Bertz CT molecular complexity index is 651. The van der Waals surface area contributed by atoms with Crippen molar-refractivity contribution in [2.24, 2.45) is 0 Å². The quantitative estimate of drug-likeness (QED) is 0.849. The second kappa shape index (κ2) is 5.73. The zero-order chi connectivity index (χ0) is 15.6. The van der Waals surface area contributed by atoms with Gasteiger partial charge >= 0.3 is 6.18 Å². The van der Waals surface area contributed by atoms with Crippen molar-refractivity contribution >= 4 is 0 Å². The van der Waals surface area contributed by atoms with E-state index in [0.717, 1.165) is 12.1 Å². The molecule has 0 aliphatic rings. The van der Waals surface area contributed by atoms with Gasteiger partial charge in [-0.05, 0) is 36.2 Å². The fourth-order valence-electron chi connectivity index (χ4n) is 1.80. The summed E-state index contributed by atoms with van der Waals surface area (Å²) in [6.45, 7) is 0.962. The van der Waals surface area contributed by atoms with Crippen molar-refractivity contribution in [2.75, 3.05) is 0 Å². The van der Waals surface area contributed by atoms with Crippen LogP contribution >= 0.6 is 0 Å². The van der Waals surface area contributed by atoms with Gasteiger partial charge in [0.2, 0.25) is 0 Å². The van der Waals surface area contributed by atoms with Crippen molar-refractivity contribution in [3.8, 4) is 11.5 Å². The third-order valence-electron chi connectivity index (χ3n) is 2.91. The van der Waals surface area contributed by atoms with Crippen LogP contribution in [0.2, 0.25) is 0 Å². The van der Waals surface area contributed by atoms with Gasteiger partial charge in [0.1, 0.15) is 5.75 Å². The molecule has 0 aliphatic carbocycles. The lowest BCUT2D eigenvalue weighted by Gasteiger charge is -2.15. The van der Waals surface area contributed by atoms with Gasteiger partial charge in [0, 0.05) is 0 Å². The lowest BCUT2D eigenvalue weighted by Crippen LogP contribution is -2.08. The van der Waals surface area contributed by atoms with Crippen LogP contribution in [0.25, 0.3) is 0 Å². The average Bonchev–Trinajstić information content (AvgIpc) is 2.43. The van der Waals surface area contributed by atoms with E-state index < -0.39 is 29.9 Å². The number of hydrogen-bond acceptors (Lipinski definition) is 2. The first-order chi connectivity index (χ1) is 9.82. The van der Waals surface area contributed by atoms with Gasteiger partial charge in [0.25, 0.3) is 0 Å². The number of aryl methyl sites for hydroxylation is 1. The van der Waals surface area contributed by atoms with Gasteiger partial charge in [-0.1, -0.05) is 18.2 Å². The number of aliphatic hydroxyl groups is 1. The third kappa shape index (κ3) is 3.33. The van der Waals surface area contributed by atoms with E-state index in [1.807, 2.05) is 0 Å². The molecule has 6 heteroatoms. The first-order valence-electron chi connectivity index (χ1n) is 6.07. The molecule has 0 saturated carbocycles. The number of rotatable bonds is 3. The standard InChI is InChI=1S/C15H12F4O2/c1-9-3-2-4-13(14(9)16)21-12-6-5-10(8-20)7-11(12)15(17,18)19/h2-7,20H,8H2,1H3. The SMILES string of the molecule is Cc1cccc(Oc2ccc(CO)cc2C(F)(F)F)c1F. The maximum Gasteiger partial charge on any atom is 0.419 e. The van der Waals surface area contributed by atoms with Crippen LogP contribution < -0.4 is 4.74 Å². The van der Waals surface area contributed by atoms with Crippen LogP contribution in [0.4, 0.5) is 17.6 Å². The lowest BCUT2D eigenvalue weighted by atomic mass is 10.1. The Hall–Kier alpha value is -2.08. The molecule has 0 amide bonds. The minimum atomic E-state index is -4.67. The average molecular weight is 300 g/mol. The van der Waals surface area contributed by atoms with Crippen LogP contribution in [0.1, 0.15) is 16.7 Å². The van der Waals surface area contributed by atoms with Crippen molar-refractivity contribution in [1.82, 2.24) is 0 Å². The summed E-state index contributed by atoms with van der Waals surface area (Å²) in [7, 11) is 0. The number of halogens is 4. The third-order valence-corrected chi connectivity index (χ3v) is 2.91. The Morgan fingerprint density at radius 3 is 2.43 bits per heavy atom. The van der Waals surface area contributed by atoms with Crippen molar-refractivity contribution < 1.29 is 27.4 Å². The summed E-state index contributed by atoms with van der Waals surface area (Å²) >= 11 is 0. The van der Waals surface area contributed by atoms with Crippen LogP contribution in [0, 0.1) is 12.7 Å². The number of hydrogen-bond donors (Lipinski definition) is 1. The molecule has 2 rings (SSSR count). The Morgan fingerprint density at radius 2 is 1.81 bits per heavy atom. The molecule has 0 saturated heterocycles. The summed E-state index contributed by atoms with van der Waals surface area (Å²) in [5, 5.41) is 8.92. The van der Waals surface area contributed by atoms with E-state index in [1.165, 1.54) is 31.2 Å². The van der Waals surface area contributed by atoms with Gasteiger partial charge in [-0.25, -0.2) is 4.39 Å². The molecule has 2 aromatic rings. The van der Waals surface area contributed by atoms with E-state index >= 15 is 0 Å². The van der Waals surface area contributed by atoms with Gasteiger partial charge in [-0.3, -0.25) is 0 Å². The molecule has 1 N–H and O–H groups in total. The van der Waals surface area contributed by atoms with Gasteiger partial charge < -0.3 is 9.84 Å². The zero-order valence-corrected chi connectivity index (χ0v) is 11.0. The van der Waals surface area contributed by atoms with E-state index in [9.17, 15) is 17.6 Å². The summed E-state index contributed by atoms with van der Waals surface area (Å²) in [5.74, 6) is -1.50. The maximum atomic E-state index is 13.8. The van der Waals surface area contributed by atoms with E-state index in [2.05, 4.69) is 0 Å². The first kappa shape index (κ1) is 15.3. The number of benzene rings is 2. The fraction of sp³-hybridized carbons (Fsp3) is 0.200. The molecule has 0 fully saturated rings. The van der Waals surface area contributed by atoms with Crippen LogP contribution in [0.3, 0.4) is 0 Å². The van der Waals surface area contributed by atoms with Gasteiger partial charge in [0.05, 0.1) is 12.2 Å². The summed E-state index contributed by atoms with van der Waals surface area (Å²) in [6.07, 6.45) is -4.67. The molecule has 2 nitrogen and oxygen atoms in total. The normalized spacial score (nSPS) is 11.5. The summed E-state index contributed by atoms with van der Waals surface area (Å²) in [6, 6.07) is 7.37. The Morgan fingerprint density at radius 1 is 1.10 bits per heavy atom. The highest BCUT2D eigenvalue weighted by atomic mass is 19.4. The monoisotopic (exact) mass is 300 g/mol. The maximum absolute atomic E-state index is 13.8. The summed E-state index contributed by atoms with van der Waals surface area (Å²) < 4.78 is 57.9. The number of aliphatic hydroxyl groups excluding tert-OH is 1. The fourth-order valence-corrected chi connectivity index (χ4v) is 1.80. The Kier molecular flexibility index (Phi) is 4.18. The molecule has 0 radical (unpaired) electrons. The molecule has 0 aromatic heterocycles. The molecule has 21 heavy (non-hydrogen) atoms. The molecule has 0 heterocycles. The largest absolute Gasteiger partial charge is 0.454 e. The van der Waals surface area contributed by atoms with Crippen LogP contribution in [0.15, 0.2) is 36.4 Å². The van der Waals surface area contributed by atoms with Gasteiger partial charge in [-0.15, -0.1) is 0 Å². The molecule has 2 aromatic carbocycles. The summed E-state index contributed by atoms with van der Waals surface area (Å²) in [4.78, 5) is 0. The van der Waals surface area contributed by atoms with Crippen molar-refractivity contribution in [2.45, 2.75) is 19.7 Å². The van der Waals surface area contributed by atoms with Gasteiger partial charge in [-0.2, -0.15) is 13.2 Å². The van der Waals surface area contributed by atoms with Gasteiger partial charge in [0.15, 0.2) is 11.6 Å². The van der Waals surface area contributed by atoms with Crippen LogP contribution in [-0.4, -0.2) is 5.11 Å². The molecule has 0 aliphatic heterocycles. The predicted octanol–water partition coefficient (Wildman–Crippen LogP) is 4.44. The van der Waals surface area contributed by atoms with E-state index in [1.54, 1.807) is 0 Å². The van der Waals surface area contributed by atoms with E-state index in [4.69, 9.17) is 9.84 Å². The highest BCUT2D eigenvalue weighted by molar-refractivity contribution is 5.43. The first-order valence-corrected chi connectivity index (χ1v) is 6.07. The number of ether oxygens (including phenoxy) is 1. The minimum absolute atomic E-state index is 0.0967. The molecule has 0 spiro atoms. The molecule has 0 atom stereocenters. The topological polar surface area (TPSA) is 29.5 Å². The summed E-state index contributed by atoms with van der Waals surface area (Å²) in [5.41, 5.74) is -0.692. The highest BCUT2D eigenvalue weighted by Gasteiger charge is 2.35. The van der Waals surface area contributed by atoms with Crippen LogP contribution in [-0.2, 0) is 12.8 Å². The predicted molar refractivity (Wildman–Crippen MR) is 68.6 cm³/mol. The van der Waals surface area contributed by atoms with E-state index in [-0.39, 0.29) is 16.9 Å².